The minimum atomic E-state index is -0.570. The lowest BCUT2D eigenvalue weighted by Crippen LogP contribution is -2.14. The average Bonchev–Trinajstić information content (AvgIpc) is 2.91. The summed E-state index contributed by atoms with van der Waals surface area (Å²) in [5.41, 5.74) is 0.849. The number of aryl methyl sites for hydroxylation is 1. The number of hydrogen-bond acceptors (Lipinski definition) is 3. The van der Waals surface area contributed by atoms with Crippen LogP contribution < -0.4 is 5.32 Å². The van der Waals surface area contributed by atoms with E-state index in [1.54, 1.807) is 11.6 Å². The number of para-hydroxylation sites is 1. The van der Waals surface area contributed by atoms with Crippen LogP contribution in [0.4, 0.5) is 10.3 Å². The van der Waals surface area contributed by atoms with Crippen molar-refractivity contribution in [3.8, 4) is 5.69 Å². The third kappa shape index (κ3) is 3.22. The predicted octanol–water partition coefficient (Wildman–Crippen LogP) is 3.62. The maximum absolute atomic E-state index is 13.3. The topological polar surface area (TPSA) is 59.8 Å². The quantitative estimate of drug-likeness (QED) is 0.798. The smallest absolute Gasteiger partial charge is 0.259 e. The lowest BCUT2D eigenvalue weighted by molar-refractivity contribution is 0.102. The Labute approximate surface area is 136 Å². The summed E-state index contributed by atoms with van der Waals surface area (Å²) >= 11 is 5.92. The van der Waals surface area contributed by atoms with Crippen LogP contribution in [0.3, 0.4) is 0 Å². The molecule has 1 N–H and O–H groups in total. The summed E-state index contributed by atoms with van der Waals surface area (Å²) in [6.45, 7) is 1.77. The van der Waals surface area contributed by atoms with Crippen LogP contribution in [0.1, 0.15) is 16.2 Å². The Kier molecular flexibility index (Phi) is 4.08. The first kappa shape index (κ1) is 15.2. The number of carbonyl (C=O) groups is 1. The molecule has 116 valence electrons. The average molecular weight is 331 g/mol. The molecule has 0 aliphatic carbocycles. The number of rotatable bonds is 3. The van der Waals surface area contributed by atoms with E-state index in [1.165, 1.54) is 12.1 Å². The Morgan fingerprint density at radius 2 is 1.96 bits per heavy atom. The summed E-state index contributed by atoms with van der Waals surface area (Å²) < 4.78 is 14.9. The number of aromatic nitrogens is 3. The van der Waals surface area contributed by atoms with Gasteiger partial charge in [0.15, 0.2) is 0 Å². The molecule has 23 heavy (non-hydrogen) atoms. The molecule has 0 unspecified atom stereocenters. The van der Waals surface area contributed by atoms with Crippen LogP contribution in [0, 0.1) is 12.7 Å². The van der Waals surface area contributed by atoms with Gasteiger partial charge in [0.1, 0.15) is 11.6 Å². The van der Waals surface area contributed by atoms with E-state index in [0.29, 0.717) is 5.82 Å². The second kappa shape index (κ2) is 6.18. The van der Waals surface area contributed by atoms with Gasteiger partial charge in [-0.1, -0.05) is 29.8 Å². The molecule has 0 aliphatic rings. The van der Waals surface area contributed by atoms with Gasteiger partial charge in [0.2, 0.25) is 5.95 Å². The Morgan fingerprint density at radius 1 is 1.22 bits per heavy atom. The molecule has 3 aromatic rings. The highest BCUT2D eigenvalue weighted by Gasteiger charge is 2.15. The van der Waals surface area contributed by atoms with Crippen molar-refractivity contribution >= 4 is 23.5 Å². The van der Waals surface area contributed by atoms with Crippen LogP contribution in [0.25, 0.3) is 5.69 Å². The van der Waals surface area contributed by atoms with Gasteiger partial charge < -0.3 is 0 Å². The molecule has 3 rings (SSSR count). The highest BCUT2D eigenvalue weighted by molar-refractivity contribution is 6.34. The van der Waals surface area contributed by atoms with E-state index in [0.717, 1.165) is 11.8 Å². The minimum absolute atomic E-state index is 0.0281. The number of nitrogens with zero attached hydrogens (tertiary/aromatic N) is 3. The van der Waals surface area contributed by atoms with Gasteiger partial charge in [0.05, 0.1) is 16.3 Å². The van der Waals surface area contributed by atoms with Crippen molar-refractivity contribution in [2.45, 2.75) is 6.92 Å². The number of amides is 1. The van der Waals surface area contributed by atoms with Crippen molar-refractivity contribution in [2.75, 3.05) is 5.32 Å². The van der Waals surface area contributed by atoms with E-state index in [4.69, 9.17) is 11.6 Å². The van der Waals surface area contributed by atoms with Gasteiger partial charge in [-0.25, -0.2) is 9.07 Å². The van der Waals surface area contributed by atoms with E-state index < -0.39 is 11.7 Å². The van der Waals surface area contributed by atoms with Crippen molar-refractivity contribution in [3.05, 3.63) is 70.8 Å². The lowest BCUT2D eigenvalue weighted by Gasteiger charge is -2.04. The van der Waals surface area contributed by atoms with Gasteiger partial charge in [0, 0.05) is 0 Å². The first-order valence-electron chi connectivity index (χ1n) is 6.80. The normalized spacial score (nSPS) is 10.6. The largest absolute Gasteiger partial charge is 0.289 e. The Balaban J connectivity index is 1.87. The second-order valence-corrected chi connectivity index (χ2v) is 5.22. The van der Waals surface area contributed by atoms with Crippen LogP contribution in [-0.4, -0.2) is 20.7 Å². The predicted molar refractivity (Wildman–Crippen MR) is 85.5 cm³/mol. The molecule has 0 saturated carbocycles. The fraction of sp³-hybridized carbons (Fsp3) is 0.0625. The molecule has 1 aromatic heterocycles. The maximum Gasteiger partial charge on any atom is 0.259 e. The van der Waals surface area contributed by atoms with Gasteiger partial charge in [-0.15, -0.1) is 5.10 Å². The molecule has 0 radical (unpaired) electrons. The molecule has 1 heterocycles. The molecule has 0 spiro atoms. The van der Waals surface area contributed by atoms with Crippen LogP contribution >= 0.6 is 11.6 Å². The van der Waals surface area contributed by atoms with Crippen LogP contribution in [0.5, 0.6) is 0 Å². The van der Waals surface area contributed by atoms with Crippen LogP contribution in [0.15, 0.2) is 48.5 Å². The van der Waals surface area contributed by atoms with E-state index in [-0.39, 0.29) is 16.5 Å². The second-order valence-electron chi connectivity index (χ2n) is 4.81. The van der Waals surface area contributed by atoms with Gasteiger partial charge >= 0.3 is 0 Å². The van der Waals surface area contributed by atoms with Crippen molar-refractivity contribution in [1.82, 2.24) is 14.8 Å². The van der Waals surface area contributed by atoms with E-state index >= 15 is 0 Å². The first-order chi connectivity index (χ1) is 11.0. The Bertz CT molecular complexity index is 864. The van der Waals surface area contributed by atoms with Crippen LogP contribution in [0.2, 0.25) is 5.02 Å². The number of nitrogens with one attached hydrogen (secondary N) is 1. The van der Waals surface area contributed by atoms with E-state index in [9.17, 15) is 9.18 Å². The number of benzene rings is 2. The fourth-order valence-corrected chi connectivity index (χ4v) is 2.30. The highest BCUT2D eigenvalue weighted by atomic mass is 35.5. The zero-order valence-electron chi connectivity index (χ0n) is 12.1. The molecule has 0 aliphatic heterocycles. The maximum atomic E-state index is 13.3. The third-order valence-electron chi connectivity index (χ3n) is 3.17. The Morgan fingerprint density at radius 3 is 2.70 bits per heavy atom. The summed E-state index contributed by atoms with van der Waals surface area (Å²) in [5.74, 6) is -0.383. The van der Waals surface area contributed by atoms with Gasteiger partial charge in [-0.3, -0.25) is 10.1 Å². The highest BCUT2D eigenvalue weighted by Crippen LogP contribution is 2.18. The molecular formula is C16H12ClFN4O. The zero-order chi connectivity index (χ0) is 16.4. The van der Waals surface area contributed by atoms with Crippen molar-refractivity contribution in [3.63, 3.8) is 0 Å². The van der Waals surface area contributed by atoms with Gasteiger partial charge in [-0.2, -0.15) is 4.98 Å². The summed E-state index contributed by atoms with van der Waals surface area (Å²) in [4.78, 5) is 16.4. The third-order valence-corrected chi connectivity index (χ3v) is 3.50. The van der Waals surface area contributed by atoms with E-state index in [2.05, 4.69) is 15.4 Å². The first-order valence-corrected chi connectivity index (χ1v) is 7.18. The van der Waals surface area contributed by atoms with Crippen LogP contribution in [-0.2, 0) is 0 Å². The monoisotopic (exact) mass is 330 g/mol. The number of halogens is 2. The molecule has 2 aromatic carbocycles. The summed E-state index contributed by atoms with van der Waals surface area (Å²) in [6, 6.07) is 13.0. The number of anilines is 1. The van der Waals surface area contributed by atoms with Gasteiger partial charge in [-0.05, 0) is 37.3 Å². The summed E-state index contributed by atoms with van der Waals surface area (Å²) in [5, 5.41) is 6.91. The summed E-state index contributed by atoms with van der Waals surface area (Å²) in [7, 11) is 0. The number of hydrogen-bond donors (Lipinski definition) is 1. The van der Waals surface area contributed by atoms with Gasteiger partial charge in [0.25, 0.3) is 5.91 Å². The van der Waals surface area contributed by atoms with E-state index in [1.807, 2.05) is 30.3 Å². The SMILES string of the molecule is Cc1nc(NC(=O)c2cc(F)ccc2Cl)nn1-c1ccccc1. The molecule has 0 bridgehead atoms. The molecule has 7 heteroatoms. The molecule has 5 nitrogen and oxygen atoms in total. The zero-order valence-corrected chi connectivity index (χ0v) is 12.9. The standard InChI is InChI=1S/C16H12ClFN4O/c1-10-19-16(21-22(10)12-5-3-2-4-6-12)20-15(23)13-9-11(18)7-8-14(13)17/h2-9H,1H3,(H,20,21,23). The minimum Gasteiger partial charge on any atom is -0.289 e. The van der Waals surface area contributed by atoms with Crippen molar-refractivity contribution in [1.29, 1.82) is 0 Å². The number of carbonyl (C=O) groups excluding carboxylic acids is 1. The molecule has 1 amide bonds. The van der Waals surface area contributed by atoms with Crippen molar-refractivity contribution in [2.24, 2.45) is 0 Å². The Hall–Kier alpha value is -2.73. The summed E-state index contributed by atoms with van der Waals surface area (Å²) in [6.07, 6.45) is 0. The lowest BCUT2D eigenvalue weighted by atomic mass is 10.2. The molecule has 0 saturated heterocycles. The molecular weight excluding hydrogens is 319 g/mol. The molecule has 0 atom stereocenters. The van der Waals surface area contributed by atoms with Crippen molar-refractivity contribution < 1.29 is 9.18 Å². The molecule has 0 fully saturated rings. The fourth-order valence-electron chi connectivity index (χ4n) is 2.10.